The van der Waals surface area contributed by atoms with Crippen LogP contribution in [0.1, 0.15) is 25.3 Å². The van der Waals surface area contributed by atoms with Crippen molar-refractivity contribution in [2.45, 2.75) is 24.7 Å². The highest BCUT2D eigenvalue weighted by molar-refractivity contribution is 7.92. The average Bonchev–Trinajstić information content (AvgIpc) is 2.41. The predicted octanol–water partition coefficient (Wildman–Crippen LogP) is 3.85. The molecule has 4 nitrogen and oxygen atoms in total. The molecular formula is C15H17ClN2O2S. The summed E-state index contributed by atoms with van der Waals surface area (Å²) in [6.07, 6.45) is 0. The molecule has 0 aliphatic rings. The molecule has 6 heteroatoms. The maximum atomic E-state index is 12.4. The number of benzene rings is 2. The Morgan fingerprint density at radius 2 is 1.86 bits per heavy atom. The third-order valence-electron chi connectivity index (χ3n) is 3.07. The van der Waals surface area contributed by atoms with Crippen molar-refractivity contribution >= 4 is 33.0 Å². The minimum absolute atomic E-state index is 0.0232. The number of nitrogen functional groups attached to an aromatic ring is 1. The molecule has 0 amide bonds. The molecule has 2 aromatic rings. The number of halogens is 1. The number of hydrogen-bond acceptors (Lipinski definition) is 3. The number of hydrogen-bond donors (Lipinski definition) is 2. The first-order chi connectivity index (χ1) is 9.79. The summed E-state index contributed by atoms with van der Waals surface area (Å²) in [6, 6.07) is 11.6. The molecule has 2 aromatic carbocycles. The number of anilines is 2. The van der Waals surface area contributed by atoms with Gasteiger partial charge in [0.2, 0.25) is 0 Å². The maximum absolute atomic E-state index is 12.4. The molecule has 0 saturated heterocycles. The third-order valence-corrected chi connectivity index (χ3v) is 4.74. The molecule has 0 saturated carbocycles. The first-order valence-corrected chi connectivity index (χ1v) is 8.33. The summed E-state index contributed by atoms with van der Waals surface area (Å²) in [7, 11) is -3.77. The summed E-state index contributed by atoms with van der Waals surface area (Å²) < 4.78 is 27.3. The lowest BCUT2D eigenvalue weighted by Gasteiger charge is -2.12. The zero-order valence-corrected chi connectivity index (χ0v) is 13.4. The van der Waals surface area contributed by atoms with Crippen LogP contribution in [-0.4, -0.2) is 8.42 Å². The Labute approximate surface area is 130 Å². The van der Waals surface area contributed by atoms with Crippen molar-refractivity contribution in [2.24, 2.45) is 0 Å². The van der Waals surface area contributed by atoms with Crippen LogP contribution in [0.3, 0.4) is 0 Å². The molecule has 0 aliphatic heterocycles. The smallest absolute Gasteiger partial charge is 0.263 e. The highest BCUT2D eigenvalue weighted by atomic mass is 35.5. The first kappa shape index (κ1) is 15.7. The van der Waals surface area contributed by atoms with Gasteiger partial charge in [0.1, 0.15) is 4.90 Å². The van der Waals surface area contributed by atoms with E-state index >= 15 is 0 Å². The maximum Gasteiger partial charge on any atom is 0.263 e. The summed E-state index contributed by atoms with van der Waals surface area (Å²) in [5.41, 5.74) is 7.44. The molecule has 0 unspecified atom stereocenters. The second-order valence-electron chi connectivity index (χ2n) is 5.07. The molecule has 0 fully saturated rings. The molecule has 112 valence electrons. The van der Waals surface area contributed by atoms with Crippen LogP contribution in [0, 0.1) is 0 Å². The predicted molar refractivity (Wildman–Crippen MR) is 87.2 cm³/mol. The van der Waals surface area contributed by atoms with Crippen LogP contribution in [0.25, 0.3) is 0 Å². The quantitative estimate of drug-likeness (QED) is 0.839. The van der Waals surface area contributed by atoms with E-state index in [1.165, 1.54) is 12.1 Å². The van der Waals surface area contributed by atoms with Crippen LogP contribution < -0.4 is 10.5 Å². The fraction of sp³-hybridized carbons (Fsp3) is 0.200. The lowest BCUT2D eigenvalue weighted by molar-refractivity contribution is 0.601. The van der Waals surface area contributed by atoms with Gasteiger partial charge in [0, 0.05) is 10.7 Å². The van der Waals surface area contributed by atoms with Gasteiger partial charge in [-0.15, -0.1) is 0 Å². The van der Waals surface area contributed by atoms with E-state index in [-0.39, 0.29) is 10.6 Å². The summed E-state index contributed by atoms with van der Waals surface area (Å²) >= 11 is 5.84. The second-order valence-corrected chi connectivity index (χ2v) is 7.16. The fourth-order valence-electron chi connectivity index (χ4n) is 1.91. The molecule has 0 aromatic heterocycles. The average molecular weight is 325 g/mol. The van der Waals surface area contributed by atoms with Gasteiger partial charge in [-0.1, -0.05) is 37.6 Å². The van der Waals surface area contributed by atoms with Gasteiger partial charge in [0.05, 0.1) is 5.69 Å². The van der Waals surface area contributed by atoms with Crippen LogP contribution in [0.2, 0.25) is 5.02 Å². The van der Waals surface area contributed by atoms with Crippen molar-refractivity contribution < 1.29 is 8.42 Å². The van der Waals surface area contributed by atoms with E-state index in [0.29, 0.717) is 16.6 Å². The Morgan fingerprint density at radius 3 is 2.52 bits per heavy atom. The molecular weight excluding hydrogens is 308 g/mol. The van der Waals surface area contributed by atoms with Crippen LogP contribution in [0.5, 0.6) is 0 Å². The molecule has 0 bridgehead atoms. The Kier molecular flexibility index (Phi) is 4.44. The zero-order chi connectivity index (χ0) is 15.6. The molecule has 21 heavy (non-hydrogen) atoms. The van der Waals surface area contributed by atoms with E-state index in [9.17, 15) is 8.42 Å². The SMILES string of the molecule is CC(C)c1cccc(NS(=O)(=O)c2cc(Cl)ccc2N)c1. The van der Waals surface area contributed by atoms with Gasteiger partial charge in [-0.3, -0.25) is 4.72 Å². The van der Waals surface area contributed by atoms with Crippen molar-refractivity contribution in [1.29, 1.82) is 0 Å². The summed E-state index contributed by atoms with van der Waals surface area (Å²) in [5, 5.41) is 0.320. The number of nitrogens with two attached hydrogens (primary N) is 1. The Balaban J connectivity index is 2.37. The zero-order valence-electron chi connectivity index (χ0n) is 11.8. The van der Waals surface area contributed by atoms with Gasteiger partial charge in [-0.05, 0) is 41.8 Å². The van der Waals surface area contributed by atoms with E-state index in [4.69, 9.17) is 17.3 Å². The summed E-state index contributed by atoms with van der Waals surface area (Å²) in [5.74, 6) is 0.311. The highest BCUT2D eigenvalue weighted by Gasteiger charge is 2.18. The lowest BCUT2D eigenvalue weighted by atomic mass is 10.0. The summed E-state index contributed by atoms with van der Waals surface area (Å²) in [4.78, 5) is -0.0232. The third kappa shape index (κ3) is 3.68. The van der Waals surface area contributed by atoms with E-state index in [1.807, 2.05) is 32.0 Å². The molecule has 3 N–H and O–H groups in total. The molecule has 0 atom stereocenters. The first-order valence-electron chi connectivity index (χ1n) is 6.47. The molecule has 0 aliphatic carbocycles. The molecule has 0 heterocycles. The highest BCUT2D eigenvalue weighted by Crippen LogP contribution is 2.26. The number of sulfonamides is 1. The van der Waals surface area contributed by atoms with Gasteiger partial charge < -0.3 is 5.73 Å². The standard InChI is InChI=1S/C15H17ClN2O2S/c1-10(2)11-4-3-5-13(8-11)18-21(19,20)15-9-12(16)6-7-14(15)17/h3-10,18H,17H2,1-2H3. The fourth-order valence-corrected chi connectivity index (χ4v) is 3.36. The minimum atomic E-state index is -3.77. The molecule has 2 rings (SSSR count). The Bertz CT molecular complexity index is 758. The van der Waals surface area contributed by atoms with Crippen molar-refractivity contribution in [1.82, 2.24) is 0 Å². The van der Waals surface area contributed by atoms with Crippen molar-refractivity contribution in [2.75, 3.05) is 10.5 Å². The second kappa shape index (κ2) is 5.95. The van der Waals surface area contributed by atoms with Gasteiger partial charge in [-0.2, -0.15) is 0 Å². The van der Waals surface area contributed by atoms with Gasteiger partial charge in [-0.25, -0.2) is 8.42 Å². The van der Waals surface area contributed by atoms with Crippen LogP contribution in [0.4, 0.5) is 11.4 Å². The van der Waals surface area contributed by atoms with E-state index in [1.54, 1.807) is 12.1 Å². The van der Waals surface area contributed by atoms with E-state index in [2.05, 4.69) is 4.72 Å². The molecule has 0 radical (unpaired) electrons. The normalized spacial score (nSPS) is 11.6. The van der Waals surface area contributed by atoms with Crippen LogP contribution >= 0.6 is 11.6 Å². The van der Waals surface area contributed by atoms with Gasteiger partial charge in [0.15, 0.2) is 0 Å². The van der Waals surface area contributed by atoms with Crippen molar-refractivity contribution in [3.05, 3.63) is 53.1 Å². The van der Waals surface area contributed by atoms with Gasteiger partial charge in [0.25, 0.3) is 10.0 Å². The Hall–Kier alpha value is -1.72. The van der Waals surface area contributed by atoms with Crippen LogP contribution in [0.15, 0.2) is 47.4 Å². The van der Waals surface area contributed by atoms with E-state index in [0.717, 1.165) is 5.56 Å². The molecule has 0 spiro atoms. The number of nitrogens with one attached hydrogen (secondary N) is 1. The monoisotopic (exact) mass is 324 g/mol. The van der Waals surface area contributed by atoms with Crippen LogP contribution in [-0.2, 0) is 10.0 Å². The van der Waals surface area contributed by atoms with Crippen molar-refractivity contribution in [3.8, 4) is 0 Å². The van der Waals surface area contributed by atoms with Crippen molar-refractivity contribution in [3.63, 3.8) is 0 Å². The van der Waals surface area contributed by atoms with E-state index < -0.39 is 10.0 Å². The lowest BCUT2D eigenvalue weighted by Crippen LogP contribution is -2.15. The Morgan fingerprint density at radius 1 is 1.14 bits per heavy atom. The van der Waals surface area contributed by atoms with Gasteiger partial charge >= 0.3 is 0 Å². The summed E-state index contributed by atoms with van der Waals surface area (Å²) in [6.45, 7) is 4.09. The topological polar surface area (TPSA) is 72.2 Å². The minimum Gasteiger partial charge on any atom is -0.398 e. The largest absolute Gasteiger partial charge is 0.398 e. The number of rotatable bonds is 4.